The number of hydrogen-bond donors (Lipinski definition) is 1. The van der Waals surface area contributed by atoms with Crippen molar-refractivity contribution >= 4 is 17.3 Å². The molecule has 8 heteroatoms. The molecular formula is C18H17N5O3. The van der Waals surface area contributed by atoms with E-state index in [-0.39, 0.29) is 17.4 Å². The van der Waals surface area contributed by atoms with Gasteiger partial charge in [0.2, 0.25) is 5.82 Å². The second-order valence-corrected chi connectivity index (χ2v) is 5.85. The molecule has 2 heterocycles. The van der Waals surface area contributed by atoms with Crippen LogP contribution < -0.4 is 10.1 Å². The number of rotatable bonds is 5. The Balaban J connectivity index is 2.01. The number of nitrogens with zero attached hydrogens (tertiary/aromatic N) is 4. The number of benzene rings is 1. The average molecular weight is 351 g/mol. The molecule has 2 aromatic heterocycles. The van der Waals surface area contributed by atoms with E-state index in [0.29, 0.717) is 11.6 Å². The molecule has 0 atom stereocenters. The lowest BCUT2D eigenvalue weighted by Gasteiger charge is -2.11. The normalized spacial score (nSPS) is 10.4. The summed E-state index contributed by atoms with van der Waals surface area (Å²) in [7, 11) is 0. The average Bonchev–Trinajstić information content (AvgIpc) is 2.56. The second kappa shape index (κ2) is 7.14. The molecule has 132 valence electrons. The minimum Gasteiger partial charge on any atom is -0.434 e. The fraction of sp³-hybridized carbons (Fsp3) is 0.167. The first kappa shape index (κ1) is 17.3. The van der Waals surface area contributed by atoms with E-state index >= 15 is 0 Å². The molecule has 0 radical (unpaired) electrons. The van der Waals surface area contributed by atoms with Gasteiger partial charge in [-0.15, -0.1) is 0 Å². The van der Waals surface area contributed by atoms with Gasteiger partial charge in [0, 0.05) is 6.20 Å². The maximum absolute atomic E-state index is 11.6. The van der Waals surface area contributed by atoms with Gasteiger partial charge in [0.1, 0.15) is 17.9 Å². The van der Waals surface area contributed by atoms with Crippen LogP contribution in [0.5, 0.6) is 11.6 Å². The molecule has 1 aromatic carbocycles. The molecule has 0 amide bonds. The van der Waals surface area contributed by atoms with Crippen molar-refractivity contribution in [2.75, 3.05) is 5.32 Å². The van der Waals surface area contributed by atoms with E-state index in [1.165, 1.54) is 6.33 Å². The molecule has 8 nitrogen and oxygen atoms in total. The Morgan fingerprint density at radius 2 is 1.77 bits per heavy atom. The smallest absolute Gasteiger partial charge is 0.373 e. The summed E-state index contributed by atoms with van der Waals surface area (Å²) in [6.07, 6.45) is 2.81. The van der Waals surface area contributed by atoms with Crippen molar-refractivity contribution in [3.63, 3.8) is 0 Å². The minimum atomic E-state index is -0.571. The highest BCUT2D eigenvalue weighted by Gasteiger charge is 2.25. The van der Waals surface area contributed by atoms with E-state index in [1.807, 2.05) is 32.9 Å². The predicted octanol–water partition coefficient (Wildman–Crippen LogP) is 4.24. The SMILES string of the molecule is Cc1cc(C)cc(Oc2ncnc(Nc3ncccc3C)c2[N+](=O)[O-])c1. The lowest BCUT2D eigenvalue weighted by Crippen LogP contribution is -2.05. The molecule has 0 saturated heterocycles. The second-order valence-electron chi connectivity index (χ2n) is 5.85. The van der Waals surface area contributed by atoms with Crippen LogP contribution in [0.15, 0.2) is 42.9 Å². The molecular weight excluding hydrogens is 334 g/mol. The van der Waals surface area contributed by atoms with Gasteiger partial charge in [0.25, 0.3) is 0 Å². The Morgan fingerprint density at radius 1 is 1.04 bits per heavy atom. The Morgan fingerprint density at radius 3 is 2.42 bits per heavy atom. The third-order valence-electron chi connectivity index (χ3n) is 3.63. The molecule has 1 N–H and O–H groups in total. The first-order valence-electron chi connectivity index (χ1n) is 7.88. The van der Waals surface area contributed by atoms with Gasteiger partial charge in [0.15, 0.2) is 0 Å². The maximum atomic E-state index is 11.6. The Labute approximate surface area is 150 Å². The molecule has 0 saturated carbocycles. The molecule has 0 unspecified atom stereocenters. The highest BCUT2D eigenvalue weighted by molar-refractivity contribution is 5.68. The molecule has 3 rings (SSSR count). The highest BCUT2D eigenvalue weighted by atomic mass is 16.6. The van der Waals surface area contributed by atoms with Gasteiger partial charge in [-0.2, -0.15) is 4.98 Å². The number of aryl methyl sites for hydroxylation is 3. The summed E-state index contributed by atoms with van der Waals surface area (Å²) in [5, 5.41) is 14.5. The molecule has 0 spiro atoms. The van der Waals surface area contributed by atoms with E-state index < -0.39 is 4.92 Å². The number of pyridine rings is 1. The zero-order valence-corrected chi connectivity index (χ0v) is 14.6. The molecule has 0 aliphatic carbocycles. The van der Waals surface area contributed by atoms with Crippen molar-refractivity contribution in [2.45, 2.75) is 20.8 Å². The number of nitro groups is 1. The zero-order chi connectivity index (χ0) is 18.7. The summed E-state index contributed by atoms with van der Waals surface area (Å²) < 4.78 is 5.69. The molecule has 0 aliphatic rings. The summed E-state index contributed by atoms with van der Waals surface area (Å²) in [4.78, 5) is 23.2. The van der Waals surface area contributed by atoms with E-state index in [1.54, 1.807) is 24.4 Å². The van der Waals surface area contributed by atoms with Crippen molar-refractivity contribution in [1.82, 2.24) is 15.0 Å². The van der Waals surface area contributed by atoms with Gasteiger partial charge in [-0.1, -0.05) is 12.1 Å². The Hall–Kier alpha value is -3.55. The lowest BCUT2D eigenvalue weighted by molar-refractivity contribution is -0.385. The first-order valence-corrected chi connectivity index (χ1v) is 7.88. The van der Waals surface area contributed by atoms with Crippen LogP contribution in [0.1, 0.15) is 16.7 Å². The van der Waals surface area contributed by atoms with Gasteiger partial charge in [-0.25, -0.2) is 9.97 Å². The third-order valence-corrected chi connectivity index (χ3v) is 3.63. The van der Waals surface area contributed by atoms with Gasteiger partial charge < -0.3 is 10.1 Å². The molecule has 0 fully saturated rings. The van der Waals surface area contributed by atoms with Crippen molar-refractivity contribution in [3.05, 3.63) is 69.7 Å². The molecule has 0 aliphatic heterocycles. The minimum absolute atomic E-state index is 0.0196. The van der Waals surface area contributed by atoms with Crippen molar-refractivity contribution in [3.8, 4) is 11.6 Å². The quantitative estimate of drug-likeness (QED) is 0.541. The monoisotopic (exact) mass is 351 g/mol. The van der Waals surface area contributed by atoms with Gasteiger partial charge >= 0.3 is 11.6 Å². The summed E-state index contributed by atoms with van der Waals surface area (Å²) in [6, 6.07) is 9.18. The van der Waals surface area contributed by atoms with Crippen molar-refractivity contribution < 1.29 is 9.66 Å². The summed E-state index contributed by atoms with van der Waals surface area (Å²) >= 11 is 0. The fourth-order valence-corrected chi connectivity index (χ4v) is 2.53. The van der Waals surface area contributed by atoms with E-state index in [2.05, 4.69) is 20.3 Å². The van der Waals surface area contributed by atoms with Crippen LogP contribution in [0.4, 0.5) is 17.3 Å². The summed E-state index contributed by atoms with van der Waals surface area (Å²) in [5.41, 5.74) is 2.45. The molecule has 26 heavy (non-hydrogen) atoms. The number of aromatic nitrogens is 3. The lowest BCUT2D eigenvalue weighted by atomic mass is 10.1. The van der Waals surface area contributed by atoms with Crippen LogP contribution in [0.3, 0.4) is 0 Å². The first-order chi connectivity index (χ1) is 12.4. The number of anilines is 2. The van der Waals surface area contributed by atoms with E-state index in [4.69, 9.17) is 4.74 Å². The van der Waals surface area contributed by atoms with E-state index in [0.717, 1.165) is 16.7 Å². The van der Waals surface area contributed by atoms with Crippen molar-refractivity contribution in [1.29, 1.82) is 0 Å². The largest absolute Gasteiger partial charge is 0.434 e. The predicted molar refractivity (Wildman–Crippen MR) is 96.9 cm³/mol. The number of ether oxygens (including phenoxy) is 1. The van der Waals surface area contributed by atoms with E-state index in [9.17, 15) is 10.1 Å². The third kappa shape index (κ3) is 3.75. The number of nitrogens with one attached hydrogen (secondary N) is 1. The van der Waals surface area contributed by atoms with Crippen LogP contribution in [0.2, 0.25) is 0 Å². The molecule has 3 aromatic rings. The van der Waals surface area contributed by atoms with Crippen LogP contribution in [0.25, 0.3) is 0 Å². The highest BCUT2D eigenvalue weighted by Crippen LogP contribution is 2.35. The summed E-state index contributed by atoms with van der Waals surface area (Å²) in [6.45, 7) is 5.69. The van der Waals surface area contributed by atoms with Crippen LogP contribution >= 0.6 is 0 Å². The van der Waals surface area contributed by atoms with Crippen molar-refractivity contribution in [2.24, 2.45) is 0 Å². The Kier molecular flexibility index (Phi) is 4.74. The Bertz CT molecular complexity index is 955. The molecule has 0 bridgehead atoms. The van der Waals surface area contributed by atoms with Gasteiger partial charge in [-0.05, 0) is 55.7 Å². The van der Waals surface area contributed by atoms with Crippen LogP contribution in [0, 0.1) is 30.9 Å². The van der Waals surface area contributed by atoms with Gasteiger partial charge in [0.05, 0.1) is 4.92 Å². The fourth-order valence-electron chi connectivity index (χ4n) is 2.53. The standard InChI is InChI=1S/C18H17N5O3/c1-11-7-12(2)9-14(8-11)26-18-15(23(24)25)17(20-10-21-18)22-16-13(3)5-4-6-19-16/h4-10H,1-3H3,(H,19,20,21,22). The topological polar surface area (TPSA) is 103 Å². The maximum Gasteiger partial charge on any atom is 0.373 e. The number of hydrogen-bond acceptors (Lipinski definition) is 7. The summed E-state index contributed by atoms with van der Waals surface area (Å²) in [5.74, 6) is 0.841. The zero-order valence-electron chi connectivity index (χ0n) is 14.6. The van der Waals surface area contributed by atoms with Gasteiger partial charge in [-0.3, -0.25) is 10.1 Å². The van der Waals surface area contributed by atoms with Crippen LogP contribution in [-0.2, 0) is 0 Å². The van der Waals surface area contributed by atoms with Crippen LogP contribution in [-0.4, -0.2) is 19.9 Å².